The van der Waals surface area contributed by atoms with Gasteiger partial charge in [-0.2, -0.15) is 0 Å². The summed E-state index contributed by atoms with van der Waals surface area (Å²) in [6.07, 6.45) is 15.8. The van der Waals surface area contributed by atoms with Crippen LogP contribution in [0.15, 0.2) is 30.3 Å². The Hall–Kier alpha value is -0.900. The molecule has 0 radical (unpaired) electrons. The van der Waals surface area contributed by atoms with Crippen molar-refractivity contribution < 1.29 is 9.47 Å². The van der Waals surface area contributed by atoms with E-state index in [1.807, 2.05) is 0 Å². The molecule has 1 aromatic rings. The zero-order valence-electron chi connectivity index (χ0n) is 20.1. The Kier molecular flexibility index (Phi) is 19.3. The van der Waals surface area contributed by atoms with Crippen LogP contribution in [0.25, 0.3) is 0 Å². The molecule has 0 aliphatic rings. The Morgan fingerprint density at radius 1 is 0.567 bits per heavy atom. The molecular weight excluding hydrogens is 370 g/mol. The fourth-order valence-electron chi connectivity index (χ4n) is 3.67. The van der Waals surface area contributed by atoms with Gasteiger partial charge in [-0.3, -0.25) is 4.90 Å². The summed E-state index contributed by atoms with van der Waals surface area (Å²) in [4.78, 5) is 2.47. The minimum absolute atomic E-state index is 0.819. The van der Waals surface area contributed by atoms with Gasteiger partial charge in [-0.1, -0.05) is 108 Å². The molecule has 0 fully saturated rings. The zero-order valence-corrected chi connectivity index (χ0v) is 20.1. The van der Waals surface area contributed by atoms with E-state index >= 15 is 0 Å². The standard InChI is InChI=1S/C27H49NO2/c1-3-5-7-9-11-16-22-29-24-20-28(26-27-18-14-13-15-19-27)21-25-30-23-17-12-10-8-6-4-2/h13-15,18-19H,3-12,16-17,20-26H2,1-2H3. The largest absolute Gasteiger partial charge is 0.380 e. The molecule has 3 heteroatoms. The summed E-state index contributed by atoms with van der Waals surface area (Å²) in [6.45, 7) is 10.9. The van der Waals surface area contributed by atoms with Crippen molar-refractivity contribution in [2.75, 3.05) is 39.5 Å². The highest BCUT2D eigenvalue weighted by atomic mass is 16.5. The molecule has 0 saturated carbocycles. The van der Waals surface area contributed by atoms with E-state index in [0.717, 1.165) is 46.1 Å². The maximum atomic E-state index is 5.92. The average Bonchev–Trinajstić information content (AvgIpc) is 2.77. The molecule has 0 bridgehead atoms. The first-order valence-corrected chi connectivity index (χ1v) is 12.8. The summed E-state index contributed by atoms with van der Waals surface area (Å²) in [5, 5.41) is 0. The van der Waals surface area contributed by atoms with E-state index in [9.17, 15) is 0 Å². The third kappa shape index (κ3) is 16.8. The third-order valence-electron chi connectivity index (χ3n) is 5.64. The van der Waals surface area contributed by atoms with E-state index in [-0.39, 0.29) is 0 Å². The van der Waals surface area contributed by atoms with Crippen molar-refractivity contribution in [1.29, 1.82) is 0 Å². The van der Waals surface area contributed by atoms with Gasteiger partial charge in [0.05, 0.1) is 13.2 Å². The second-order valence-electron chi connectivity index (χ2n) is 8.52. The summed E-state index contributed by atoms with van der Waals surface area (Å²) in [6, 6.07) is 10.7. The van der Waals surface area contributed by atoms with Crippen molar-refractivity contribution >= 4 is 0 Å². The lowest BCUT2D eigenvalue weighted by molar-refractivity contribution is 0.0692. The second-order valence-corrected chi connectivity index (χ2v) is 8.52. The number of ether oxygens (including phenoxy) is 2. The first-order valence-electron chi connectivity index (χ1n) is 12.8. The van der Waals surface area contributed by atoms with Gasteiger partial charge in [-0.25, -0.2) is 0 Å². The van der Waals surface area contributed by atoms with E-state index in [2.05, 4.69) is 49.1 Å². The number of hydrogen-bond acceptors (Lipinski definition) is 3. The Bertz CT molecular complexity index is 429. The fourth-order valence-corrected chi connectivity index (χ4v) is 3.67. The van der Waals surface area contributed by atoms with Crippen LogP contribution in [0.2, 0.25) is 0 Å². The molecule has 0 N–H and O–H groups in total. The summed E-state index contributed by atoms with van der Waals surface area (Å²) < 4.78 is 11.8. The van der Waals surface area contributed by atoms with Gasteiger partial charge in [0.2, 0.25) is 0 Å². The third-order valence-corrected chi connectivity index (χ3v) is 5.64. The lowest BCUT2D eigenvalue weighted by atomic mass is 10.1. The van der Waals surface area contributed by atoms with Crippen LogP contribution < -0.4 is 0 Å². The first-order chi connectivity index (χ1) is 14.9. The summed E-state index contributed by atoms with van der Waals surface area (Å²) in [5.74, 6) is 0. The van der Waals surface area contributed by atoms with Gasteiger partial charge in [-0.15, -0.1) is 0 Å². The van der Waals surface area contributed by atoms with Crippen molar-refractivity contribution in [2.45, 2.75) is 97.4 Å². The number of unbranched alkanes of at least 4 members (excludes halogenated alkanes) is 10. The smallest absolute Gasteiger partial charge is 0.0593 e. The van der Waals surface area contributed by atoms with E-state index in [0.29, 0.717) is 0 Å². The van der Waals surface area contributed by atoms with E-state index in [1.54, 1.807) is 0 Å². The minimum Gasteiger partial charge on any atom is -0.380 e. The molecule has 0 aliphatic heterocycles. The molecule has 0 unspecified atom stereocenters. The first kappa shape index (κ1) is 27.1. The molecule has 0 saturated heterocycles. The van der Waals surface area contributed by atoms with Crippen molar-refractivity contribution in [3.8, 4) is 0 Å². The monoisotopic (exact) mass is 419 g/mol. The van der Waals surface area contributed by atoms with Gasteiger partial charge in [0.15, 0.2) is 0 Å². The molecule has 1 rings (SSSR count). The molecule has 0 heterocycles. The van der Waals surface area contributed by atoms with Crippen LogP contribution in [0.5, 0.6) is 0 Å². The Morgan fingerprint density at radius 3 is 1.53 bits per heavy atom. The molecule has 1 aromatic carbocycles. The molecule has 0 aromatic heterocycles. The molecule has 0 aliphatic carbocycles. The number of rotatable bonds is 22. The predicted octanol–water partition coefficient (Wildman–Crippen LogP) is 7.24. The Balaban J connectivity index is 2.14. The molecule has 3 nitrogen and oxygen atoms in total. The van der Waals surface area contributed by atoms with Gasteiger partial charge in [0.1, 0.15) is 0 Å². The summed E-state index contributed by atoms with van der Waals surface area (Å²) in [7, 11) is 0. The molecule has 0 amide bonds. The van der Waals surface area contributed by atoms with Crippen LogP contribution in [-0.2, 0) is 16.0 Å². The van der Waals surface area contributed by atoms with Crippen LogP contribution >= 0.6 is 0 Å². The van der Waals surface area contributed by atoms with Gasteiger partial charge >= 0.3 is 0 Å². The highest BCUT2D eigenvalue weighted by Gasteiger charge is 2.06. The van der Waals surface area contributed by atoms with Crippen molar-refractivity contribution in [3.63, 3.8) is 0 Å². The molecule has 174 valence electrons. The lowest BCUT2D eigenvalue weighted by Crippen LogP contribution is -2.31. The molecule has 0 spiro atoms. The van der Waals surface area contributed by atoms with Gasteiger partial charge in [-0.05, 0) is 18.4 Å². The molecule has 30 heavy (non-hydrogen) atoms. The number of nitrogens with zero attached hydrogens (tertiary/aromatic N) is 1. The van der Waals surface area contributed by atoms with Crippen LogP contribution in [0.3, 0.4) is 0 Å². The maximum Gasteiger partial charge on any atom is 0.0593 e. The lowest BCUT2D eigenvalue weighted by Gasteiger charge is -2.22. The van der Waals surface area contributed by atoms with Crippen molar-refractivity contribution in [3.05, 3.63) is 35.9 Å². The van der Waals surface area contributed by atoms with Crippen LogP contribution in [0, 0.1) is 0 Å². The number of benzene rings is 1. The van der Waals surface area contributed by atoms with Gasteiger partial charge in [0.25, 0.3) is 0 Å². The quantitative estimate of drug-likeness (QED) is 0.185. The maximum absolute atomic E-state index is 5.92. The van der Waals surface area contributed by atoms with E-state index < -0.39 is 0 Å². The average molecular weight is 420 g/mol. The van der Waals surface area contributed by atoms with E-state index in [4.69, 9.17) is 9.47 Å². The fraction of sp³-hybridized carbons (Fsp3) is 0.778. The predicted molar refractivity (Wildman–Crippen MR) is 130 cm³/mol. The van der Waals surface area contributed by atoms with Gasteiger partial charge in [0, 0.05) is 32.8 Å². The van der Waals surface area contributed by atoms with Crippen LogP contribution in [0.1, 0.15) is 96.5 Å². The summed E-state index contributed by atoms with van der Waals surface area (Å²) >= 11 is 0. The van der Waals surface area contributed by atoms with Gasteiger partial charge < -0.3 is 9.47 Å². The summed E-state index contributed by atoms with van der Waals surface area (Å²) in [5.41, 5.74) is 1.37. The minimum atomic E-state index is 0.819. The van der Waals surface area contributed by atoms with E-state index in [1.165, 1.54) is 82.6 Å². The van der Waals surface area contributed by atoms with Crippen molar-refractivity contribution in [2.24, 2.45) is 0 Å². The molecule has 0 atom stereocenters. The highest BCUT2D eigenvalue weighted by Crippen LogP contribution is 2.07. The Labute approximate surface area is 187 Å². The highest BCUT2D eigenvalue weighted by molar-refractivity contribution is 5.14. The molecular formula is C27H49NO2. The second kappa shape index (κ2) is 21.3. The van der Waals surface area contributed by atoms with Crippen LogP contribution in [0.4, 0.5) is 0 Å². The zero-order chi connectivity index (χ0) is 21.5. The van der Waals surface area contributed by atoms with Crippen molar-refractivity contribution in [1.82, 2.24) is 4.90 Å². The SMILES string of the molecule is CCCCCCCCOCCN(CCOCCCCCCCC)Cc1ccccc1. The topological polar surface area (TPSA) is 21.7 Å². The number of hydrogen-bond donors (Lipinski definition) is 0. The van der Waals surface area contributed by atoms with Crippen LogP contribution in [-0.4, -0.2) is 44.4 Å². The normalized spacial score (nSPS) is 11.4. The Morgan fingerprint density at radius 2 is 1.03 bits per heavy atom.